The van der Waals surface area contributed by atoms with Crippen molar-refractivity contribution in [3.8, 4) is 6.07 Å². The van der Waals surface area contributed by atoms with Crippen LogP contribution in [0.5, 0.6) is 0 Å². The van der Waals surface area contributed by atoms with E-state index < -0.39 is 5.82 Å². The van der Waals surface area contributed by atoms with Crippen molar-refractivity contribution in [3.63, 3.8) is 0 Å². The van der Waals surface area contributed by atoms with Crippen LogP contribution in [0.25, 0.3) is 16.6 Å². The number of hydrogen-bond acceptors (Lipinski definition) is 7. The topological polar surface area (TPSA) is 110 Å². The van der Waals surface area contributed by atoms with Gasteiger partial charge >= 0.3 is 0 Å². The fourth-order valence-corrected chi connectivity index (χ4v) is 4.30. The minimum Gasteiger partial charge on any atom is -0.368 e. The van der Waals surface area contributed by atoms with Crippen LogP contribution in [0.15, 0.2) is 24.4 Å². The quantitative estimate of drug-likeness (QED) is 0.468. The lowest BCUT2D eigenvalue weighted by Gasteiger charge is -2.37. The third-order valence-electron chi connectivity index (χ3n) is 5.45. The van der Waals surface area contributed by atoms with Crippen molar-refractivity contribution in [2.45, 2.75) is 32.9 Å². The van der Waals surface area contributed by atoms with Gasteiger partial charge in [-0.15, -0.1) is 0 Å². The van der Waals surface area contributed by atoms with Crippen molar-refractivity contribution in [1.82, 2.24) is 30.1 Å². The van der Waals surface area contributed by atoms with E-state index in [-0.39, 0.29) is 5.65 Å². The molecule has 4 heterocycles. The van der Waals surface area contributed by atoms with Gasteiger partial charge in [0.15, 0.2) is 17.3 Å². The summed E-state index contributed by atoms with van der Waals surface area (Å²) in [7, 11) is 0. The summed E-state index contributed by atoms with van der Waals surface area (Å²) in [6, 6.07) is 8.23. The zero-order valence-corrected chi connectivity index (χ0v) is 17.4. The zero-order valence-electron chi connectivity index (χ0n) is 17.4. The number of aromatic amines is 1. The van der Waals surface area contributed by atoms with Gasteiger partial charge in [0.2, 0.25) is 0 Å². The SMILES string of the molecule is Cc1nc2c(F)cc(Nc3n[nH]c4cc(N5C[C@@H](C)N[C@@H](C)C5)cc(C#N)c34)cn2n1. The summed E-state index contributed by atoms with van der Waals surface area (Å²) in [5.74, 6) is 0.447. The van der Waals surface area contributed by atoms with Gasteiger partial charge in [-0.2, -0.15) is 15.5 Å². The molecule has 1 aliphatic rings. The summed E-state index contributed by atoms with van der Waals surface area (Å²) in [5, 5.41) is 28.6. The summed E-state index contributed by atoms with van der Waals surface area (Å²) in [4.78, 5) is 6.34. The first kappa shape index (κ1) is 19.3. The van der Waals surface area contributed by atoms with Crippen molar-refractivity contribution < 1.29 is 4.39 Å². The molecule has 5 rings (SSSR count). The molecule has 4 aromatic rings. The first-order chi connectivity index (χ1) is 14.9. The molecular weight excluding hydrogens is 397 g/mol. The first-order valence-corrected chi connectivity index (χ1v) is 10.1. The number of rotatable bonds is 3. The van der Waals surface area contributed by atoms with Crippen LogP contribution >= 0.6 is 0 Å². The fourth-order valence-electron chi connectivity index (χ4n) is 4.30. The van der Waals surface area contributed by atoms with Gasteiger partial charge in [0, 0.05) is 36.9 Å². The lowest BCUT2D eigenvalue weighted by atomic mass is 10.1. The maximum atomic E-state index is 14.4. The number of benzene rings is 1. The van der Waals surface area contributed by atoms with Gasteiger partial charge in [-0.3, -0.25) is 5.10 Å². The van der Waals surface area contributed by atoms with Crippen LogP contribution in [0.4, 0.5) is 21.6 Å². The lowest BCUT2D eigenvalue weighted by Crippen LogP contribution is -2.54. The van der Waals surface area contributed by atoms with Crippen molar-refractivity contribution in [2.24, 2.45) is 0 Å². The van der Waals surface area contributed by atoms with Gasteiger partial charge < -0.3 is 15.5 Å². The highest BCUT2D eigenvalue weighted by Gasteiger charge is 2.23. The number of anilines is 3. The van der Waals surface area contributed by atoms with E-state index in [9.17, 15) is 9.65 Å². The Kier molecular flexibility index (Phi) is 4.48. The number of aryl methyl sites for hydroxylation is 1. The number of nitrogens with zero attached hydrogens (tertiary/aromatic N) is 6. The number of H-pyrrole nitrogens is 1. The number of aromatic nitrogens is 5. The maximum absolute atomic E-state index is 14.4. The summed E-state index contributed by atoms with van der Waals surface area (Å²) >= 11 is 0. The molecule has 3 N–H and O–H groups in total. The van der Waals surface area contributed by atoms with Crippen LogP contribution in [-0.2, 0) is 0 Å². The Morgan fingerprint density at radius 3 is 2.74 bits per heavy atom. The molecule has 158 valence electrons. The van der Waals surface area contributed by atoms with Gasteiger partial charge in [0.05, 0.1) is 28.4 Å². The van der Waals surface area contributed by atoms with E-state index in [4.69, 9.17) is 0 Å². The van der Waals surface area contributed by atoms with Crippen LogP contribution in [0.2, 0.25) is 0 Å². The molecule has 0 spiro atoms. The average Bonchev–Trinajstić information content (AvgIpc) is 3.30. The number of pyridine rings is 1. The second-order valence-electron chi connectivity index (χ2n) is 8.10. The van der Waals surface area contributed by atoms with Crippen LogP contribution in [0, 0.1) is 24.1 Å². The number of nitriles is 1. The highest BCUT2D eigenvalue weighted by Crippen LogP contribution is 2.32. The highest BCUT2D eigenvalue weighted by atomic mass is 19.1. The molecule has 1 aromatic carbocycles. The van der Waals surface area contributed by atoms with E-state index in [0.29, 0.717) is 40.4 Å². The van der Waals surface area contributed by atoms with Gasteiger partial charge in [0.1, 0.15) is 11.9 Å². The highest BCUT2D eigenvalue weighted by molar-refractivity contribution is 5.98. The Morgan fingerprint density at radius 1 is 1.23 bits per heavy atom. The summed E-state index contributed by atoms with van der Waals surface area (Å²) < 4.78 is 15.8. The maximum Gasteiger partial charge on any atom is 0.191 e. The lowest BCUT2D eigenvalue weighted by molar-refractivity contribution is 0.407. The van der Waals surface area contributed by atoms with E-state index in [1.54, 1.807) is 13.1 Å². The van der Waals surface area contributed by atoms with Crippen LogP contribution in [0.1, 0.15) is 25.2 Å². The van der Waals surface area contributed by atoms with Crippen molar-refractivity contribution in [3.05, 3.63) is 41.6 Å². The first-order valence-electron chi connectivity index (χ1n) is 10.1. The predicted molar refractivity (Wildman–Crippen MR) is 116 cm³/mol. The normalized spacial score (nSPS) is 19.1. The molecule has 0 amide bonds. The van der Waals surface area contributed by atoms with E-state index in [0.717, 1.165) is 24.3 Å². The Bertz CT molecular complexity index is 1320. The molecule has 1 fully saturated rings. The zero-order chi connectivity index (χ0) is 21.7. The second-order valence-corrected chi connectivity index (χ2v) is 8.10. The monoisotopic (exact) mass is 419 g/mol. The number of halogens is 1. The van der Waals surface area contributed by atoms with Crippen LogP contribution < -0.4 is 15.5 Å². The van der Waals surface area contributed by atoms with Crippen molar-refractivity contribution >= 4 is 33.7 Å². The molecule has 1 saturated heterocycles. The number of hydrogen-bond donors (Lipinski definition) is 3. The average molecular weight is 419 g/mol. The molecule has 9 nitrogen and oxygen atoms in total. The van der Waals surface area contributed by atoms with E-state index in [2.05, 4.69) is 55.7 Å². The van der Waals surface area contributed by atoms with E-state index >= 15 is 0 Å². The Morgan fingerprint density at radius 2 is 2.00 bits per heavy atom. The molecule has 0 bridgehead atoms. The second kappa shape index (κ2) is 7.21. The predicted octanol–water partition coefficient (Wildman–Crippen LogP) is 2.86. The Labute approximate surface area is 177 Å². The molecule has 0 saturated carbocycles. The van der Waals surface area contributed by atoms with Gasteiger partial charge in [-0.05, 0) is 32.9 Å². The van der Waals surface area contributed by atoms with Crippen LogP contribution in [0.3, 0.4) is 0 Å². The number of nitrogens with one attached hydrogen (secondary N) is 3. The molecular formula is C21H22FN9. The third-order valence-corrected chi connectivity index (χ3v) is 5.45. The van der Waals surface area contributed by atoms with Gasteiger partial charge in [-0.1, -0.05) is 0 Å². The summed E-state index contributed by atoms with van der Waals surface area (Å²) in [6.07, 6.45) is 1.64. The molecule has 1 aliphatic heterocycles. The minimum atomic E-state index is -0.491. The number of fused-ring (bicyclic) bond motifs is 2. The fraction of sp³-hybridized carbons (Fsp3) is 0.333. The largest absolute Gasteiger partial charge is 0.368 e. The standard InChI is InChI=1S/C21H22FN9/c1-11-8-30(9-12(2)24-11)16-4-14(7-23)19-18(6-16)27-28-20(19)26-15-5-17(22)21-25-13(3)29-31(21)10-15/h4-6,10-12,24H,8-9H2,1-3H3,(H2,26,27,28)/t11-,12+. The third kappa shape index (κ3) is 3.43. The Balaban J connectivity index is 1.53. The van der Waals surface area contributed by atoms with E-state index in [1.807, 2.05) is 12.1 Å². The molecule has 3 aromatic heterocycles. The molecule has 0 radical (unpaired) electrons. The van der Waals surface area contributed by atoms with Crippen molar-refractivity contribution in [1.29, 1.82) is 5.26 Å². The molecule has 0 unspecified atom stereocenters. The number of piperazine rings is 1. The summed E-state index contributed by atoms with van der Waals surface area (Å²) in [6.45, 7) is 7.72. The van der Waals surface area contributed by atoms with Gasteiger partial charge in [0.25, 0.3) is 0 Å². The smallest absolute Gasteiger partial charge is 0.191 e. The van der Waals surface area contributed by atoms with E-state index in [1.165, 1.54) is 10.6 Å². The molecule has 10 heteroatoms. The molecule has 2 atom stereocenters. The van der Waals surface area contributed by atoms with Crippen molar-refractivity contribution in [2.75, 3.05) is 23.3 Å². The van der Waals surface area contributed by atoms with Gasteiger partial charge in [-0.25, -0.2) is 13.9 Å². The summed E-state index contributed by atoms with van der Waals surface area (Å²) in [5.41, 5.74) is 2.84. The minimum absolute atomic E-state index is 0.164. The Hall–Kier alpha value is -3.71. The van der Waals surface area contributed by atoms with Crippen LogP contribution in [-0.4, -0.2) is 50.0 Å². The molecule has 0 aliphatic carbocycles. The molecule has 31 heavy (non-hydrogen) atoms.